The summed E-state index contributed by atoms with van der Waals surface area (Å²) in [5.41, 5.74) is 2.65. The zero-order chi connectivity index (χ0) is 12.3. The van der Waals surface area contributed by atoms with Gasteiger partial charge in [0, 0.05) is 0 Å². The second-order valence-corrected chi connectivity index (χ2v) is 12.6. The van der Waals surface area contributed by atoms with Crippen LogP contribution in [0, 0.1) is 0 Å². The third kappa shape index (κ3) is 3.89. The largest absolute Gasteiger partial charge is 0.283 e. The summed E-state index contributed by atoms with van der Waals surface area (Å²) >= 11 is 2.02. The first kappa shape index (κ1) is 12.7. The predicted octanol–water partition coefficient (Wildman–Crippen LogP) is 3.40. The van der Waals surface area contributed by atoms with Crippen LogP contribution in [-0.4, -0.2) is 30.6 Å². The second kappa shape index (κ2) is 5.27. The van der Waals surface area contributed by atoms with Crippen LogP contribution in [0.4, 0.5) is 0 Å². The molecule has 0 N–H and O–H groups in total. The molecule has 92 valence electrons. The first-order chi connectivity index (χ1) is 8.04. The van der Waals surface area contributed by atoms with Crippen LogP contribution in [-0.2, 0) is 6.54 Å². The Hall–Kier alpha value is -0.743. The van der Waals surface area contributed by atoms with Gasteiger partial charge in [-0.3, -0.25) is 5.01 Å². The van der Waals surface area contributed by atoms with Crippen LogP contribution in [0.1, 0.15) is 11.1 Å². The van der Waals surface area contributed by atoms with Gasteiger partial charge in [0.1, 0.15) is 0 Å². The van der Waals surface area contributed by atoms with E-state index < -0.39 is 8.07 Å². The van der Waals surface area contributed by atoms with Crippen LogP contribution in [0.25, 0.3) is 0 Å². The number of hydrogen-bond acceptors (Lipinski definition) is 3. The quantitative estimate of drug-likeness (QED) is 0.775. The fraction of sp³-hybridized carbons (Fsp3) is 0.462. The van der Waals surface area contributed by atoms with E-state index in [1.165, 1.54) is 16.5 Å². The molecule has 2 rings (SSSR count). The smallest absolute Gasteiger partial charge is 0.0815 e. The molecule has 0 saturated heterocycles. The highest BCUT2D eigenvalue weighted by atomic mass is 32.2. The van der Waals surface area contributed by atoms with Crippen molar-refractivity contribution in [3.63, 3.8) is 0 Å². The maximum atomic E-state index is 4.49. The maximum absolute atomic E-state index is 4.49. The van der Waals surface area contributed by atoms with Gasteiger partial charge in [-0.15, -0.1) is 11.8 Å². The van der Waals surface area contributed by atoms with Gasteiger partial charge in [-0.2, -0.15) is 5.10 Å². The lowest BCUT2D eigenvalue weighted by molar-refractivity contribution is 0.329. The fourth-order valence-electron chi connectivity index (χ4n) is 1.72. The molecule has 4 heteroatoms. The van der Waals surface area contributed by atoms with Gasteiger partial charge in [-0.1, -0.05) is 43.9 Å². The molecule has 1 heterocycles. The van der Waals surface area contributed by atoms with Crippen LogP contribution in [0.3, 0.4) is 0 Å². The first-order valence-electron chi connectivity index (χ1n) is 5.99. The van der Waals surface area contributed by atoms with Gasteiger partial charge in [0.25, 0.3) is 0 Å². The summed E-state index contributed by atoms with van der Waals surface area (Å²) in [6.45, 7) is 8.18. The van der Waals surface area contributed by atoms with Crippen molar-refractivity contribution in [1.82, 2.24) is 5.01 Å². The van der Waals surface area contributed by atoms with Gasteiger partial charge in [0.05, 0.1) is 26.7 Å². The Morgan fingerprint density at radius 2 is 2.06 bits per heavy atom. The minimum Gasteiger partial charge on any atom is -0.283 e. The normalized spacial score (nSPS) is 14.9. The molecule has 0 saturated carbocycles. The summed E-state index contributed by atoms with van der Waals surface area (Å²) in [7, 11) is -0.929. The number of thioether (sulfide) groups is 1. The van der Waals surface area contributed by atoms with Crippen LogP contribution >= 0.6 is 11.8 Å². The highest BCUT2D eigenvalue weighted by molar-refractivity contribution is 8.00. The number of fused-ring (bicyclic) bond motifs is 1. The van der Waals surface area contributed by atoms with Crippen molar-refractivity contribution in [1.29, 1.82) is 0 Å². The van der Waals surface area contributed by atoms with Crippen LogP contribution in [0.2, 0.25) is 19.6 Å². The molecule has 1 aliphatic heterocycles. The van der Waals surface area contributed by atoms with Gasteiger partial charge in [-0.25, -0.2) is 0 Å². The van der Waals surface area contributed by atoms with E-state index in [1.54, 1.807) is 0 Å². The Kier molecular flexibility index (Phi) is 3.94. The van der Waals surface area contributed by atoms with E-state index >= 15 is 0 Å². The molecule has 0 atom stereocenters. The molecule has 0 fully saturated rings. The number of hydrazone groups is 1. The van der Waals surface area contributed by atoms with Crippen molar-refractivity contribution >= 4 is 26.1 Å². The molecule has 0 amide bonds. The topological polar surface area (TPSA) is 15.6 Å². The Bertz CT molecular complexity index is 412. The third-order valence-corrected chi connectivity index (χ3v) is 7.30. The third-order valence-electron chi connectivity index (χ3n) is 2.54. The lowest BCUT2D eigenvalue weighted by atomic mass is 10.1. The summed E-state index contributed by atoms with van der Waals surface area (Å²) in [6, 6.07) is 8.49. The fourth-order valence-corrected chi connectivity index (χ4v) is 4.90. The van der Waals surface area contributed by atoms with Gasteiger partial charge in [0.2, 0.25) is 0 Å². The highest BCUT2D eigenvalue weighted by Crippen LogP contribution is 2.19. The lowest BCUT2D eigenvalue weighted by Crippen LogP contribution is -2.27. The van der Waals surface area contributed by atoms with Crippen molar-refractivity contribution in [2.24, 2.45) is 5.10 Å². The van der Waals surface area contributed by atoms with Gasteiger partial charge >= 0.3 is 0 Å². The first-order valence-corrected chi connectivity index (χ1v) is 10.9. The average molecular weight is 264 g/mol. The molecular formula is C13H20N2SSi. The summed E-state index contributed by atoms with van der Waals surface area (Å²) in [5.74, 6) is 1.01. The van der Waals surface area contributed by atoms with E-state index in [1.807, 2.05) is 18.0 Å². The van der Waals surface area contributed by atoms with Crippen LogP contribution in [0.15, 0.2) is 29.4 Å². The van der Waals surface area contributed by atoms with Crippen molar-refractivity contribution in [3.8, 4) is 0 Å². The van der Waals surface area contributed by atoms with E-state index in [4.69, 9.17) is 0 Å². The molecule has 1 aliphatic rings. The van der Waals surface area contributed by atoms with Crippen molar-refractivity contribution < 1.29 is 0 Å². The monoisotopic (exact) mass is 264 g/mol. The molecule has 17 heavy (non-hydrogen) atoms. The number of rotatable bonds is 4. The van der Waals surface area contributed by atoms with Crippen molar-refractivity contribution in [2.45, 2.75) is 26.2 Å². The molecule has 0 bridgehead atoms. The standard InChI is InChI=1S/C13H20N2SSi/c1-17(2,3)11-16-10-15-9-13-7-5-4-6-12(13)8-14-15/h4-8H,9-11H2,1-3H3. The Morgan fingerprint density at radius 1 is 1.29 bits per heavy atom. The molecule has 0 aromatic heterocycles. The van der Waals surface area contributed by atoms with E-state index in [-0.39, 0.29) is 0 Å². The number of nitrogens with zero attached hydrogens (tertiary/aromatic N) is 2. The minimum atomic E-state index is -0.929. The number of benzene rings is 1. The predicted molar refractivity (Wildman–Crippen MR) is 80.3 cm³/mol. The van der Waals surface area contributed by atoms with E-state index in [9.17, 15) is 0 Å². The molecular weight excluding hydrogens is 244 g/mol. The SMILES string of the molecule is C[Si](C)(C)CSCN1Cc2ccccc2C=N1. The highest BCUT2D eigenvalue weighted by Gasteiger charge is 2.15. The van der Waals surface area contributed by atoms with E-state index in [2.05, 4.69) is 54.0 Å². The Balaban J connectivity index is 1.87. The van der Waals surface area contributed by atoms with Crippen LogP contribution < -0.4 is 0 Å². The van der Waals surface area contributed by atoms with Gasteiger partial charge < -0.3 is 0 Å². The van der Waals surface area contributed by atoms with E-state index in [0.717, 1.165) is 12.4 Å². The minimum absolute atomic E-state index is 0.929. The zero-order valence-corrected chi connectivity index (χ0v) is 12.6. The molecule has 0 unspecified atom stereocenters. The van der Waals surface area contributed by atoms with E-state index in [0.29, 0.717) is 0 Å². The molecule has 1 aromatic rings. The molecule has 2 nitrogen and oxygen atoms in total. The summed E-state index contributed by atoms with van der Waals surface area (Å²) in [6.07, 6.45) is 1.98. The molecule has 0 radical (unpaired) electrons. The molecule has 0 aliphatic carbocycles. The lowest BCUT2D eigenvalue weighted by Gasteiger charge is -2.24. The Morgan fingerprint density at radius 3 is 2.82 bits per heavy atom. The summed E-state index contributed by atoms with van der Waals surface area (Å²) < 4.78 is 0. The zero-order valence-electron chi connectivity index (χ0n) is 10.8. The second-order valence-electron chi connectivity index (χ2n) is 5.65. The number of hydrogen-bond donors (Lipinski definition) is 0. The van der Waals surface area contributed by atoms with Crippen molar-refractivity contribution in [3.05, 3.63) is 35.4 Å². The molecule has 0 spiro atoms. The average Bonchev–Trinajstić information content (AvgIpc) is 2.27. The Labute approximate surface area is 109 Å². The van der Waals surface area contributed by atoms with Gasteiger partial charge in [0.15, 0.2) is 0 Å². The molecule has 1 aromatic carbocycles. The summed E-state index contributed by atoms with van der Waals surface area (Å²) in [5, 5.41) is 7.96. The van der Waals surface area contributed by atoms with Crippen LogP contribution in [0.5, 0.6) is 0 Å². The van der Waals surface area contributed by atoms with Crippen molar-refractivity contribution in [2.75, 3.05) is 11.3 Å². The summed E-state index contributed by atoms with van der Waals surface area (Å²) in [4.78, 5) is 0. The maximum Gasteiger partial charge on any atom is 0.0815 e. The van der Waals surface area contributed by atoms with Gasteiger partial charge in [-0.05, 0) is 16.5 Å².